The fraction of sp³-hybridized carbons (Fsp3) is 0.208. The van der Waals surface area contributed by atoms with E-state index < -0.39 is 0 Å². The molecule has 1 fully saturated rings. The summed E-state index contributed by atoms with van der Waals surface area (Å²) >= 11 is 0. The van der Waals surface area contributed by atoms with Crippen molar-refractivity contribution < 1.29 is 4.79 Å². The molecule has 1 saturated heterocycles. The number of amides is 1. The Morgan fingerprint density at radius 2 is 1.61 bits per heavy atom. The molecule has 0 spiro atoms. The maximum Gasteiger partial charge on any atom is 0.229 e. The highest BCUT2D eigenvalue weighted by atomic mass is 16.1. The Balaban J connectivity index is 1.18. The van der Waals surface area contributed by atoms with E-state index in [-0.39, 0.29) is 11.8 Å². The summed E-state index contributed by atoms with van der Waals surface area (Å²) < 4.78 is 1.56. The zero-order valence-electron chi connectivity index (χ0n) is 18.0. The van der Waals surface area contributed by atoms with Gasteiger partial charge in [0.1, 0.15) is 12.7 Å². The Morgan fingerprint density at radius 3 is 2.33 bits per heavy atom. The number of para-hydroxylation sites is 1. The van der Waals surface area contributed by atoms with Gasteiger partial charge >= 0.3 is 0 Å². The van der Waals surface area contributed by atoms with Crippen molar-refractivity contribution in [3.63, 3.8) is 0 Å². The van der Waals surface area contributed by atoms with Crippen LogP contribution in [-0.4, -0.2) is 44.0 Å². The molecule has 33 heavy (non-hydrogen) atoms. The molecule has 0 saturated carbocycles. The van der Waals surface area contributed by atoms with Gasteiger partial charge in [-0.1, -0.05) is 18.2 Å². The summed E-state index contributed by atoms with van der Waals surface area (Å²) in [5, 5.41) is 19.0. The molecule has 2 N–H and O–H groups in total. The molecule has 9 nitrogen and oxygen atoms in total. The third kappa shape index (κ3) is 4.98. The normalized spacial score (nSPS) is 15.8. The first-order valence-electron chi connectivity index (χ1n) is 10.9. The molecule has 1 unspecified atom stereocenters. The number of hydrogen-bond acceptors (Lipinski definition) is 7. The fourth-order valence-corrected chi connectivity index (χ4v) is 3.90. The summed E-state index contributed by atoms with van der Waals surface area (Å²) in [5.41, 5.74) is 2.78. The van der Waals surface area contributed by atoms with Gasteiger partial charge in [0.2, 0.25) is 5.91 Å². The van der Waals surface area contributed by atoms with Gasteiger partial charge in [0.15, 0.2) is 11.6 Å². The molecule has 0 radical (unpaired) electrons. The molecule has 9 heteroatoms. The van der Waals surface area contributed by atoms with Gasteiger partial charge in [0, 0.05) is 30.2 Å². The van der Waals surface area contributed by atoms with Crippen molar-refractivity contribution in [2.45, 2.75) is 12.8 Å². The lowest BCUT2D eigenvalue weighted by Gasteiger charge is -2.32. The molecule has 1 aliphatic rings. The van der Waals surface area contributed by atoms with Crippen molar-refractivity contribution in [3.05, 3.63) is 79.4 Å². The lowest BCUT2D eigenvalue weighted by molar-refractivity contribution is -0.120. The quantitative estimate of drug-likeness (QED) is 0.472. The van der Waals surface area contributed by atoms with Gasteiger partial charge in [-0.2, -0.15) is 5.10 Å². The first-order chi connectivity index (χ1) is 16.2. The number of aromatic nitrogens is 5. The summed E-state index contributed by atoms with van der Waals surface area (Å²) in [6.07, 6.45) is 4.80. The van der Waals surface area contributed by atoms with Crippen LogP contribution in [0.25, 0.3) is 5.82 Å². The van der Waals surface area contributed by atoms with Crippen molar-refractivity contribution in [1.29, 1.82) is 0 Å². The van der Waals surface area contributed by atoms with Crippen LogP contribution in [0.2, 0.25) is 0 Å². The highest BCUT2D eigenvalue weighted by Gasteiger charge is 2.27. The van der Waals surface area contributed by atoms with Gasteiger partial charge in [0.25, 0.3) is 0 Å². The van der Waals surface area contributed by atoms with Crippen LogP contribution in [0, 0.1) is 5.92 Å². The van der Waals surface area contributed by atoms with E-state index in [1.54, 1.807) is 11.0 Å². The number of rotatable bonds is 6. The number of benzene rings is 2. The number of hydrogen-bond donors (Lipinski definition) is 2. The van der Waals surface area contributed by atoms with E-state index in [4.69, 9.17) is 0 Å². The number of piperidine rings is 1. The topological polar surface area (TPSA) is 101 Å². The summed E-state index contributed by atoms with van der Waals surface area (Å²) in [7, 11) is 0. The van der Waals surface area contributed by atoms with Gasteiger partial charge in [-0.05, 0) is 61.4 Å². The van der Waals surface area contributed by atoms with Crippen molar-refractivity contribution in [3.8, 4) is 5.82 Å². The molecule has 1 atom stereocenters. The predicted octanol–water partition coefficient (Wildman–Crippen LogP) is 3.66. The average Bonchev–Trinajstić information content (AvgIpc) is 3.41. The molecule has 166 valence electrons. The minimum Gasteiger partial charge on any atom is -0.356 e. The second-order valence-electron chi connectivity index (χ2n) is 7.93. The molecule has 5 rings (SSSR count). The smallest absolute Gasteiger partial charge is 0.229 e. The average molecular weight is 441 g/mol. The van der Waals surface area contributed by atoms with E-state index in [2.05, 4.69) is 35.8 Å². The zero-order valence-corrected chi connectivity index (χ0v) is 18.0. The van der Waals surface area contributed by atoms with Crippen LogP contribution in [0.15, 0.2) is 79.4 Å². The minimum absolute atomic E-state index is 0.0238. The predicted molar refractivity (Wildman–Crippen MR) is 127 cm³/mol. The summed E-state index contributed by atoms with van der Waals surface area (Å²) in [5.74, 6) is 1.27. The van der Waals surface area contributed by atoms with Crippen LogP contribution in [0.5, 0.6) is 0 Å². The molecular weight excluding hydrogens is 416 g/mol. The standard InChI is InChI=1S/C24H24N8O/c33-24(28-21-10-8-20(9-11-21)27-19-6-2-1-3-7-19)18-5-4-14-31(15-18)22-12-13-23(30-29-22)32-17-25-16-26-32/h1-3,6-13,16-18,27H,4-5,14-15H2,(H,28,33). The molecule has 3 heterocycles. The van der Waals surface area contributed by atoms with E-state index in [1.807, 2.05) is 66.7 Å². The first-order valence-corrected chi connectivity index (χ1v) is 10.9. The second kappa shape index (κ2) is 9.47. The van der Waals surface area contributed by atoms with E-state index in [1.165, 1.54) is 6.33 Å². The van der Waals surface area contributed by atoms with Crippen LogP contribution < -0.4 is 15.5 Å². The third-order valence-corrected chi connectivity index (χ3v) is 5.62. The number of anilines is 4. The molecule has 0 bridgehead atoms. The summed E-state index contributed by atoms with van der Waals surface area (Å²) in [6, 6.07) is 21.5. The van der Waals surface area contributed by atoms with Gasteiger partial charge < -0.3 is 15.5 Å². The summed E-state index contributed by atoms with van der Waals surface area (Å²) in [4.78, 5) is 19.0. The van der Waals surface area contributed by atoms with E-state index in [0.29, 0.717) is 12.4 Å². The fourth-order valence-electron chi connectivity index (χ4n) is 3.90. The number of nitrogens with zero attached hydrogens (tertiary/aromatic N) is 6. The molecule has 2 aromatic carbocycles. The lowest BCUT2D eigenvalue weighted by atomic mass is 9.97. The number of carbonyl (C=O) groups is 1. The Bertz CT molecular complexity index is 1180. The van der Waals surface area contributed by atoms with Crippen molar-refractivity contribution in [2.75, 3.05) is 28.6 Å². The molecule has 4 aromatic rings. The largest absolute Gasteiger partial charge is 0.356 e. The first kappa shape index (κ1) is 20.6. The van der Waals surface area contributed by atoms with Crippen molar-refractivity contribution >= 4 is 28.8 Å². The molecule has 2 aromatic heterocycles. The minimum atomic E-state index is -0.113. The zero-order chi connectivity index (χ0) is 22.5. The monoisotopic (exact) mass is 440 g/mol. The van der Waals surface area contributed by atoms with Crippen LogP contribution >= 0.6 is 0 Å². The highest BCUT2D eigenvalue weighted by molar-refractivity contribution is 5.93. The van der Waals surface area contributed by atoms with Crippen molar-refractivity contribution in [1.82, 2.24) is 25.0 Å². The maximum absolute atomic E-state index is 12.9. The van der Waals surface area contributed by atoms with Gasteiger partial charge in [-0.25, -0.2) is 9.67 Å². The van der Waals surface area contributed by atoms with Crippen LogP contribution in [0.4, 0.5) is 22.9 Å². The Labute approximate surface area is 191 Å². The maximum atomic E-state index is 12.9. The third-order valence-electron chi connectivity index (χ3n) is 5.62. The lowest BCUT2D eigenvalue weighted by Crippen LogP contribution is -2.41. The Hall–Kier alpha value is -4.27. The summed E-state index contributed by atoms with van der Waals surface area (Å²) in [6.45, 7) is 1.46. The Morgan fingerprint density at radius 1 is 0.879 bits per heavy atom. The van der Waals surface area contributed by atoms with Crippen LogP contribution in [0.1, 0.15) is 12.8 Å². The van der Waals surface area contributed by atoms with Crippen molar-refractivity contribution in [2.24, 2.45) is 5.92 Å². The SMILES string of the molecule is O=C(Nc1ccc(Nc2ccccc2)cc1)C1CCCN(c2ccc(-n3cncn3)nn2)C1. The molecular formula is C24H24N8O. The van der Waals surface area contributed by atoms with E-state index in [9.17, 15) is 4.79 Å². The van der Waals surface area contributed by atoms with E-state index >= 15 is 0 Å². The van der Waals surface area contributed by atoms with Gasteiger partial charge in [-0.3, -0.25) is 4.79 Å². The number of nitrogens with one attached hydrogen (secondary N) is 2. The number of carbonyl (C=O) groups excluding carboxylic acids is 1. The van der Waals surface area contributed by atoms with Gasteiger partial charge in [-0.15, -0.1) is 10.2 Å². The highest BCUT2D eigenvalue weighted by Crippen LogP contribution is 2.24. The Kier molecular flexibility index (Phi) is 5.92. The van der Waals surface area contributed by atoms with Gasteiger partial charge in [0.05, 0.1) is 5.92 Å². The van der Waals surface area contributed by atoms with E-state index in [0.717, 1.165) is 42.3 Å². The molecule has 1 amide bonds. The van der Waals surface area contributed by atoms with Crippen LogP contribution in [-0.2, 0) is 4.79 Å². The van der Waals surface area contributed by atoms with Crippen LogP contribution in [0.3, 0.4) is 0 Å². The molecule has 0 aliphatic carbocycles. The second-order valence-corrected chi connectivity index (χ2v) is 7.93. The molecule has 1 aliphatic heterocycles.